The molecule has 0 fully saturated rings. The largest absolute Gasteiger partial charge is 0.243 e. The molecule has 0 unspecified atom stereocenters. The molecule has 206 valence electrons. The van der Waals surface area contributed by atoms with Gasteiger partial charge in [0.15, 0.2) is 17.5 Å². The van der Waals surface area contributed by atoms with Crippen LogP contribution in [-0.4, -0.2) is 24.9 Å². The van der Waals surface area contributed by atoms with Crippen molar-refractivity contribution in [3.8, 4) is 45.3 Å². The third-order valence-corrected chi connectivity index (χ3v) is 10.4. The minimum Gasteiger partial charge on any atom is -0.243 e. The maximum absolute atomic E-state index is 5.04. The lowest BCUT2D eigenvalue weighted by atomic mass is 10.0. The van der Waals surface area contributed by atoms with Crippen molar-refractivity contribution in [2.24, 2.45) is 0 Å². The van der Waals surface area contributed by atoms with Crippen LogP contribution >= 0.6 is 22.7 Å². The van der Waals surface area contributed by atoms with Crippen molar-refractivity contribution < 1.29 is 0 Å². The Morgan fingerprint density at radius 3 is 1.59 bits per heavy atom. The van der Waals surface area contributed by atoms with E-state index in [1.807, 2.05) is 66.9 Å². The molecule has 5 aromatic carbocycles. The van der Waals surface area contributed by atoms with Gasteiger partial charge in [-0.15, -0.1) is 22.7 Å². The molecule has 0 spiro atoms. The first-order valence-electron chi connectivity index (χ1n) is 14.2. The quantitative estimate of drug-likeness (QED) is 0.201. The van der Waals surface area contributed by atoms with Gasteiger partial charge in [-0.2, -0.15) is 0 Å². The maximum atomic E-state index is 5.04. The first-order chi connectivity index (χ1) is 21.8. The molecule has 9 aromatic rings. The molecular formula is C37H21N5S2. The molecule has 4 aromatic heterocycles. The van der Waals surface area contributed by atoms with Crippen LogP contribution in [0.4, 0.5) is 0 Å². The van der Waals surface area contributed by atoms with E-state index in [0.29, 0.717) is 17.5 Å². The van der Waals surface area contributed by atoms with Crippen molar-refractivity contribution in [3.05, 3.63) is 128 Å². The zero-order valence-electron chi connectivity index (χ0n) is 23.2. The van der Waals surface area contributed by atoms with Gasteiger partial charge < -0.3 is 0 Å². The molecule has 0 amide bonds. The Hall–Kier alpha value is -5.37. The van der Waals surface area contributed by atoms with E-state index in [0.717, 1.165) is 37.0 Å². The van der Waals surface area contributed by atoms with E-state index in [1.165, 1.54) is 31.3 Å². The normalized spacial score (nSPS) is 11.6. The first-order valence-corrected chi connectivity index (χ1v) is 15.9. The van der Waals surface area contributed by atoms with Crippen LogP contribution in [0.15, 0.2) is 128 Å². The zero-order valence-corrected chi connectivity index (χ0v) is 24.8. The summed E-state index contributed by atoms with van der Waals surface area (Å²) in [6.45, 7) is 0. The summed E-state index contributed by atoms with van der Waals surface area (Å²) in [5.74, 6) is 1.99. The number of thiophene rings is 2. The fourth-order valence-corrected chi connectivity index (χ4v) is 8.38. The van der Waals surface area contributed by atoms with Crippen LogP contribution in [0.1, 0.15) is 0 Å². The van der Waals surface area contributed by atoms with Gasteiger partial charge in [0.2, 0.25) is 0 Å². The number of hydrogen-bond acceptors (Lipinski definition) is 7. The average Bonchev–Trinajstić information content (AvgIpc) is 3.68. The van der Waals surface area contributed by atoms with Gasteiger partial charge in [0.25, 0.3) is 0 Å². The third-order valence-electron chi connectivity index (χ3n) is 7.92. The summed E-state index contributed by atoms with van der Waals surface area (Å²) in [4.78, 5) is 23.8. The lowest BCUT2D eigenvalue weighted by Crippen LogP contribution is -2.00. The molecule has 0 saturated carbocycles. The van der Waals surface area contributed by atoms with E-state index in [-0.39, 0.29) is 0 Å². The summed E-state index contributed by atoms with van der Waals surface area (Å²) in [6.07, 6.45) is 3.54. The number of benzene rings is 5. The van der Waals surface area contributed by atoms with Crippen molar-refractivity contribution in [1.82, 2.24) is 24.9 Å². The predicted molar refractivity (Wildman–Crippen MR) is 183 cm³/mol. The molecule has 4 heterocycles. The van der Waals surface area contributed by atoms with E-state index in [4.69, 9.17) is 15.0 Å². The van der Waals surface area contributed by atoms with Crippen molar-refractivity contribution in [2.75, 3.05) is 0 Å². The zero-order chi connectivity index (χ0) is 29.0. The van der Waals surface area contributed by atoms with E-state index >= 15 is 0 Å². The van der Waals surface area contributed by atoms with Crippen LogP contribution in [0, 0.1) is 0 Å². The molecule has 0 N–H and O–H groups in total. The standard InChI is InChI=1S/C37H21N5S2/c1-3-10-22(11-4-1)35-40-36(23-12-5-2-6-13-23)42-37(41-35)29-19-9-17-27-25-15-7-14-24(32(25)44-34(27)29)26-16-8-18-28-31-30(43-33(26)28)20-38-21-39-31/h1-21H. The number of fused-ring (bicyclic) bond motifs is 6. The minimum absolute atomic E-state index is 0.660. The van der Waals surface area contributed by atoms with E-state index in [2.05, 4.69) is 64.6 Å². The summed E-state index contributed by atoms with van der Waals surface area (Å²) < 4.78 is 4.73. The summed E-state index contributed by atoms with van der Waals surface area (Å²) in [5.41, 5.74) is 6.35. The van der Waals surface area contributed by atoms with Gasteiger partial charge in [0, 0.05) is 64.3 Å². The topological polar surface area (TPSA) is 64.5 Å². The molecule has 44 heavy (non-hydrogen) atoms. The highest BCUT2D eigenvalue weighted by Gasteiger charge is 2.19. The second-order valence-corrected chi connectivity index (χ2v) is 12.6. The second-order valence-electron chi connectivity index (χ2n) is 10.5. The summed E-state index contributed by atoms with van der Waals surface area (Å²) in [6, 6.07) is 39.8. The molecule has 0 atom stereocenters. The highest BCUT2D eigenvalue weighted by atomic mass is 32.1. The van der Waals surface area contributed by atoms with Crippen molar-refractivity contribution in [1.29, 1.82) is 0 Å². The summed E-state index contributed by atoms with van der Waals surface area (Å²) >= 11 is 3.55. The Morgan fingerprint density at radius 2 is 0.955 bits per heavy atom. The number of aromatic nitrogens is 5. The Kier molecular flexibility index (Phi) is 5.79. The van der Waals surface area contributed by atoms with Gasteiger partial charge >= 0.3 is 0 Å². The average molecular weight is 600 g/mol. The molecule has 0 aliphatic carbocycles. The van der Waals surface area contributed by atoms with Gasteiger partial charge in [0.1, 0.15) is 6.33 Å². The maximum Gasteiger partial charge on any atom is 0.165 e. The van der Waals surface area contributed by atoms with Gasteiger partial charge in [0.05, 0.1) is 10.2 Å². The van der Waals surface area contributed by atoms with E-state index in [9.17, 15) is 0 Å². The smallest absolute Gasteiger partial charge is 0.165 e. The van der Waals surface area contributed by atoms with Crippen LogP contribution in [-0.2, 0) is 0 Å². The molecule has 9 rings (SSSR count). The molecular weight excluding hydrogens is 579 g/mol. The van der Waals surface area contributed by atoms with Crippen molar-refractivity contribution in [2.45, 2.75) is 0 Å². The van der Waals surface area contributed by atoms with Crippen LogP contribution in [0.25, 0.3) is 85.8 Å². The van der Waals surface area contributed by atoms with Crippen LogP contribution in [0.5, 0.6) is 0 Å². The molecule has 0 bridgehead atoms. The SMILES string of the molecule is c1ccc(-c2nc(-c3ccccc3)nc(-c3cccc4c3sc3c(-c5cccc6c5sc5cncnc56)cccc34)n2)cc1. The van der Waals surface area contributed by atoms with E-state index in [1.54, 1.807) is 29.0 Å². The second kappa shape index (κ2) is 10.1. The summed E-state index contributed by atoms with van der Waals surface area (Å²) in [5, 5.41) is 3.58. The lowest BCUT2D eigenvalue weighted by Gasteiger charge is -2.09. The fraction of sp³-hybridized carbons (Fsp3) is 0. The highest BCUT2D eigenvalue weighted by Crippen LogP contribution is 2.46. The Bertz CT molecular complexity index is 2440. The predicted octanol–water partition coefficient (Wildman–Crippen LogP) is 10.1. The Balaban J connectivity index is 1.29. The molecule has 0 aliphatic rings. The molecule has 7 heteroatoms. The van der Waals surface area contributed by atoms with Crippen LogP contribution < -0.4 is 0 Å². The van der Waals surface area contributed by atoms with Crippen LogP contribution in [0.2, 0.25) is 0 Å². The Morgan fingerprint density at radius 1 is 0.432 bits per heavy atom. The summed E-state index contributed by atoms with van der Waals surface area (Å²) in [7, 11) is 0. The third kappa shape index (κ3) is 4.01. The first kappa shape index (κ1) is 25.2. The van der Waals surface area contributed by atoms with Gasteiger partial charge in [-0.3, -0.25) is 0 Å². The van der Waals surface area contributed by atoms with Gasteiger partial charge in [-0.1, -0.05) is 109 Å². The van der Waals surface area contributed by atoms with Gasteiger partial charge in [-0.25, -0.2) is 24.9 Å². The van der Waals surface area contributed by atoms with Crippen LogP contribution in [0.3, 0.4) is 0 Å². The number of rotatable bonds is 4. The molecule has 0 aliphatic heterocycles. The lowest BCUT2D eigenvalue weighted by molar-refractivity contribution is 1.08. The minimum atomic E-state index is 0.660. The fourth-order valence-electron chi connectivity index (χ4n) is 5.89. The monoisotopic (exact) mass is 599 g/mol. The molecule has 5 nitrogen and oxygen atoms in total. The Labute approximate surface area is 260 Å². The van der Waals surface area contributed by atoms with Crippen molar-refractivity contribution >= 4 is 63.1 Å². The van der Waals surface area contributed by atoms with E-state index < -0.39 is 0 Å². The molecule has 0 saturated heterocycles. The number of hydrogen-bond donors (Lipinski definition) is 0. The highest BCUT2D eigenvalue weighted by molar-refractivity contribution is 7.27. The number of nitrogens with zero attached hydrogens (tertiary/aromatic N) is 5. The van der Waals surface area contributed by atoms with Gasteiger partial charge in [-0.05, 0) is 6.07 Å². The molecule has 0 radical (unpaired) electrons. The van der Waals surface area contributed by atoms with Crippen molar-refractivity contribution in [3.63, 3.8) is 0 Å².